The second kappa shape index (κ2) is 6.88. The molecule has 3 nitrogen and oxygen atoms in total. The summed E-state index contributed by atoms with van der Waals surface area (Å²) in [5, 5.41) is 0.215. The summed E-state index contributed by atoms with van der Waals surface area (Å²) in [5.74, 6) is -0.445. The van der Waals surface area contributed by atoms with Crippen molar-refractivity contribution in [3.8, 4) is 22.5 Å². The Labute approximate surface area is 152 Å². The largest absolute Gasteiger partial charge is 0.465 e. The van der Waals surface area contributed by atoms with Gasteiger partial charge in [0, 0.05) is 22.0 Å². The zero-order valence-corrected chi connectivity index (χ0v) is 14.3. The van der Waals surface area contributed by atoms with Crippen molar-refractivity contribution in [3.05, 3.63) is 70.7 Å². The van der Waals surface area contributed by atoms with Gasteiger partial charge in [-0.25, -0.2) is 4.79 Å². The molecule has 7 heteroatoms. The van der Waals surface area contributed by atoms with E-state index < -0.39 is 17.7 Å². The standard InChI is InChI=1S/C19H13ClF3NO2/c1-26-18(25)12-4-2-11(3-5-12)16-8-9-17(24-16)14-10-13(19(21,22)23)6-7-15(14)20/h2-10,24H,1H3. The molecule has 0 radical (unpaired) electrons. The van der Waals surface area contributed by atoms with E-state index in [9.17, 15) is 18.0 Å². The minimum absolute atomic E-state index is 0.215. The molecule has 3 aromatic rings. The third-order valence-electron chi connectivity index (χ3n) is 3.89. The number of aromatic nitrogens is 1. The van der Waals surface area contributed by atoms with Gasteiger partial charge in [-0.15, -0.1) is 0 Å². The number of hydrogen-bond donors (Lipinski definition) is 1. The maximum absolute atomic E-state index is 12.9. The maximum Gasteiger partial charge on any atom is 0.416 e. The van der Waals surface area contributed by atoms with Crippen molar-refractivity contribution in [2.75, 3.05) is 7.11 Å². The van der Waals surface area contributed by atoms with Crippen LogP contribution < -0.4 is 0 Å². The summed E-state index contributed by atoms with van der Waals surface area (Å²) in [6.45, 7) is 0. The summed E-state index contributed by atoms with van der Waals surface area (Å²) < 4.78 is 43.4. The Morgan fingerprint density at radius 1 is 1.00 bits per heavy atom. The second-order valence-corrected chi connectivity index (χ2v) is 5.95. The van der Waals surface area contributed by atoms with Crippen LogP contribution in [0.4, 0.5) is 13.2 Å². The number of halogens is 4. The summed E-state index contributed by atoms with van der Waals surface area (Å²) in [6, 6.07) is 13.2. The Balaban J connectivity index is 1.94. The highest BCUT2D eigenvalue weighted by atomic mass is 35.5. The number of hydrogen-bond acceptors (Lipinski definition) is 2. The Morgan fingerprint density at radius 2 is 1.65 bits per heavy atom. The first-order chi connectivity index (χ1) is 12.3. The zero-order chi connectivity index (χ0) is 18.9. The van der Waals surface area contributed by atoms with Crippen LogP contribution in [-0.2, 0) is 10.9 Å². The molecule has 134 valence electrons. The molecule has 0 bridgehead atoms. The van der Waals surface area contributed by atoms with E-state index >= 15 is 0 Å². The van der Waals surface area contributed by atoms with Gasteiger partial charge in [0.05, 0.1) is 18.2 Å². The van der Waals surface area contributed by atoms with Gasteiger partial charge < -0.3 is 9.72 Å². The van der Waals surface area contributed by atoms with Gasteiger partial charge in [-0.2, -0.15) is 13.2 Å². The highest BCUT2D eigenvalue weighted by molar-refractivity contribution is 6.33. The topological polar surface area (TPSA) is 42.1 Å². The van der Waals surface area contributed by atoms with Gasteiger partial charge in [0.15, 0.2) is 0 Å². The molecule has 1 N–H and O–H groups in total. The van der Waals surface area contributed by atoms with Gasteiger partial charge in [-0.3, -0.25) is 0 Å². The quantitative estimate of drug-likeness (QED) is 0.584. The van der Waals surface area contributed by atoms with Crippen LogP contribution >= 0.6 is 11.6 Å². The Morgan fingerprint density at radius 3 is 2.27 bits per heavy atom. The first-order valence-electron chi connectivity index (χ1n) is 7.54. The lowest BCUT2D eigenvalue weighted by Crippen LogP contribution is -2.04. The lowest BCUT2D eigenvalue weighted by Gasteiger charge is -2.09. The third kappa shape index (κ3) is 3.60. The summed E-state index contributed by atoms with van der Waals surface area (Å²) >= 11 is 6.07. The van der Waals surface area contributed by atoms with Crippen molar-refractivity contribution in [2.24, 2.45) is 0 Å². The number of esters is 1. The summed E-state index contributed by atoms with van der Waals surface area (Å²) in [4.78, 5) is 14.5. The Bertz CT molecular complexity index is 946. The van der Waals surface area contributed by atoms with Crippen molar-refractivity contribution in [2.45, 2.75) is 6.18 Å². The molecule has 0 unspecified atom stereocenters. The fourth-order valence-electron chi connectivity index (χ4n) is 2.53. The van der Waals surface area contributed by atoms with Gasteiger partial charge in [-0.1, -0.05) is 23.7 Å². The van der Waals surface area contributed by atoms with Crippen LogP contribution in [0.5, 0.6) is 0 Å². The summed E-state index contributed by atoms with van der Waals surface area (Å²) in [6.07, 6.45) is -4.45. The van der Waals surface area contributed by atoms with Crippen molar-refractivity contribution in [1.82, 2.24) is 4.98 Å². The molecule has 0 saturated heterocycles. The second-order valence-electron chi connectivity index (χ2n) is 5.55. The van der Waals surface area contributed by atoms with Crippen LogP contribution in [0.2, 0.25) is 5.02 Å². The van der Waals surface area contributed by atoms with Gasteiger partial charge in [0.2, 0.25) is 0 Å². The zero-order valence-electron chi connectivity index (χ0n) is 13.5. The molecule has 0 aliphatic carbocycles. The Hall–Kier alpha value is -2.73. The number of carbonyl (C=O) groups excluding carboxylic acids is 1. The lowest BCUT2D eigenvalue weighted by molar-refractivity contribution is -0.137. The summed E-state index contributed by atoms with van der Waals surface area (Å²) in [5.41, 5.74) is 1.82. The van der Waals surface area contributed by atoms with Crippen molar-refractivity contribution < 1.29 is 22.7 Å². The number of rotatable bonds is 3. The van der Waals surface area contributed by atoms with Crippen molar-refractivity contribution >= 4 is 17.6 Å². The van der Waals surface area contributed by atoms with Gasteiger partial charge in [0.25, 0.3) is 0 Å². The lowest BCUT2D eigenvalue weighted by atomic mass is 10.1. The van der Waals surface area contributed by atoms with E-state index in [0.29, 0.717) is 17.0 Å². The molecule has 2 aromatic carbocycles. The molecule has 0 saturated carbocycles. The van der Waals surface area contributed by atoms with E-state index in [-0.39, 0.29) is 10.6 Å². The molecule has 0 aliphatic rings. The van der Waals surface area contributed by atoms with E-state index in [2.05, 4.69) is 9.72 Å². The third-order valence-corrected chi connectivity index (χ3v) is 4.22. The Kier molecular flexibility index (Phi) is 4.78. The minimum Gasteiger partial charge on any atom is -0.465 e. The molecule has 1 heterocycles. The fraction of sp³-hybridized carbons (Fsp3) is 0.105. The number of nitrogens with one attached hydrogen (secondary N) is 1. The number of aromatic amines is 1. The number of methoxy groups -OCH3 is 1. The normalized spacial score (nSPS) is 11.4. The van der Waals surface area contributed by atoms with E-state index in [0.717, 1.165) is 17.7 Å². The number of ether oxygens (including phenoxy) is 1. The highest BCUT2D eigenvalue weighted by Crippen LogP contribution is 2.36. The smallest absolute Gasteiger partial charge is 0.416 e. The van der Waals surface area contributed by atoms with E-state index in [1.807, 2.05) is 0 Å². The van der Waals surface area contributed by atoms with E-state index in [1.54, 1.807) is 36.4 Å². The molecular formula is C19H13ClF3NO2. The van der Waals surface area contributed by atoms with Crippen LogP contribution in [0.15, 0.2) is 54.6 Å². The average Bonchev–Trinajstić information content (AvgIpc) is 3.10. The average molecular weight is 380 g/mol. The molecule has 0 spiro atoms. The fourth-order valence-corrected chi connectivity index (χ4v) is 2.75. The van der Waals surface area contributed by atoms with Crippen molar-refractivity contribution in [1.29, 1.82) is 0 Å². The number of H-pyrrole nitrogens is 1. The maximum atomic E-state index is 12.9. The molecule has 0 aliphatic heterocycles. The van der Waals surface area contributed by atoms with Crippen LogP contribution in [-0.4, -0.2) is 18.1 Å². The first kappa shape index (κ1) is 18.1. The highest BCUT2D eigenvalue weighted by Gasteiger charge is 2.31. The molecule has 0 amide bonds. The summed E-state index contributed by atoms with van der Waals surface area (Å²) in [7, 11) is 1.30. The predicted octanol–water partition coefficient (Wildman–Crippen LogP) is 5.81. The van der Waals surface area contributed by atoms with Crippen LogP contribution in [0, 0.1) is 0 Å². The van der Waals surface area contributed by atoms with Crippen LogP contribution in [0.1, 0.15) is 15.9 Å². The minimum atomic E-state index is -4.45. The van der Waals surface area contributed by atoms with Crippen LogP contribution in [0.25, 0.3) is 22.5 Å². The van der Waals surface area contributed by atoms with E-state index in [4.69, 9.17) is 11.6 Å². The number of benzene rings is 2. The molecule has 1 aromatic heterocycles. The van der Waals surface area contributed by atoms with Gasteiger partial charge in [-0.05, 0) is 48.0 Å². The van der Waals surface area contributed by atoms with Crippen molar-refractivity contribution in [3.63, 3.8) is 0 Å². The molecule has 26 heavy (non-hydrogen) atoms. The predicted molar refractivity (Wildman–Crippen MR) is 93.0 cm³/mol. The van der Waals surface area contributed by atoms with E-state index in [1.165, 1.54) is 13.2 Å². The SMILES string of the molecule is COC(=O)c1ccc(-c2ccc(-c3cc(C(F)(F)F)ccc3Cl)[nH]2)cc1. The van der Waals surface area contributed by atoms with Gasteiger partial charge >= 0.3 is 12.1 Å². The molecule has 0 fully saturated rings. The number of carbonyl (C=O) groups is 1. The monoisotopic (exact) mass is 379 g/mol. The number of alkyl halides is 3. The van der Waals surface area contributed by atoms with Crippen LogP contribution in [0.3, 0.4) is 0 Å². The molecule has 0 atom stereocenters. The molecule has 3 rings (SSSR count). The van der Waals surface area contributed by atoms with Gasteiger partial charge in [0.1, 0.15) is 0 Å². The molecular weight excluding hydrogens is 367 g/mol. The first-order valence-corrected chi connectivity index (χ1v) is 7.92.